The van der Waals surface area contributed by atoms with Gasteiger partial charge in [-0.25, -0.2) is 4.98 Å². The molecule has 1 aromatic heterocycles. The molecule has 0 bridgehead atoms. The first-order valence-corrected chi connectivity index (χ1v) is 12.1. The van der Waals surface area contributed by atoms with Gasteiger partial charge >= 0.3 is 0 Å². The summed E-state index contributed by atoms with van der Waals surface area (Å²) in [5.74, 6) is 0.111. The molecule has 9 nitrogen and oxygen atoms in total. The molecule has 10 heteroatoms. The van der Waals surface area contributed by atoms with Gasteiger partial charge in [0.25, 0.3) is 11.8 Å². The van der Waals surface area contributed by atoms with Crippen LogP contribution in [0.4, 0.5) is 11.5 Å². The number of nitrogens with one attached hydrogen (secondary N) is 2. The number of thioether (sulfide) groups is 1. The van der Waals surface area contributed by atoms with Gasteiger partial charge in [0, 0.05) is 57.6 Å². The Labute approximate surface area is 203 Å². The normalized spacial score (nSPS) is 17.5. The first-order valence-electron chi connectivity index (χ1n) is 11.2. The van der Waals surface area contributed by atoms with Gasteiger partial charge in [-0.05, 0) is 54.8 Å². The first-order chi connectivity index (χ1) is 16.4. The molecular weight excluding hydrogens is 452 g/mol. The monoisotopic (exact) mass is 480 g/mol. The molecule has 0 spiro atoms. The molecule has 3 heterocycles. The van der Waals surface area contributed by atoms with E-state index in [0.717, 1.165) is 42.5 Å². The fourth-order valence-corrected chi connectivity index (χ4v) is 4.85. The quantitative estimate of drug-likeness (QED) is 0.627. The summed E-state index contributed by atoms with van der Waals surface area (Å²) in [6.45, 7) is 2.21. The van der Waals surface area contributed by atoms with E-state index < -0.39 is 5.25 Å². The van der Waals surface area contributed by atoms with Crippen molar-refractivity contribution in [3.63, 3.8) is 0 Å². The summed E-state index contributed by atoms with van der Waals surface area (Å²) in [4.78, 5) is 49.6. The van der Waals surface area contributed by atoms with Crippen molar-refractivity contribution >= 4 is 46.2 Å². The topological polar surface area (TPSA) is 107 Å². The number of rotatable bonds is 7. The molecule has 1 saturated heterocycles. The van der Waals surface area contributed by atoms with Crippen molar-refractivity contribution in [2.24, 2.45) is 4.99 Å². The average Bonchev–Trinajstić information content (AvgIpc) is 3.48. The number of aromatic nitrogens is 1. The Morgan fingerprint density at radius 3 is 2.59 bits per heavy atom. The number of benzene rings is 1. The number of pyridine rings is 1. The predicted molar refractivity (Wildman–Crippen MR) is 134 cm³/mol. The maximum absolute atomic E-state index is 12.5. The van der Waals surface area contributed by atoms with Gasteiger partial charge in [0.2, 0.25) is 5.91 Å². The van der Waals surface area contributed by atoms with E-state index in [1.807, 2.05) is 31.1 Å². The van der Waals surface area contributed by atoms with Crippen LogP contribution in [0.2, 0.25) is 0 Å². The highest BCUT2D eigenvalue weighted by molar-refractivity contribution is 8.15. The van der Waals surface area contributed by atoms with E-state index in [1.54, 1.807) is 30.5 Å². The molecule has 2 aromatic rings. The number of likely N-dealkylation sites (tertiary alicyclic amines) is 1. The molecule has 4 rings (SSSR count). The van der Waals surface area contributed by atoms with Crippen molar-refractivity contribution in [1.82, 2.24) is 15.2 Å². The lowest BCUT2D eigenvalue weighted by molar-refractivity contribution is -0.121. The number of hydrogen-bond donors (Lipinski definition) is 2. The van der Waals surface area contributed by atoms with Gasteiger partial charge in [-0.15, -0.1) is 0 Å². The molecule has 0 radical (unpaired) electrons. The van der Waals surface area contributed by atoms with Crippen LogP contribution in [0.25, 0.3) is 0 Å². The minimum absolute atomic E-state index is 0.0629. The van der Waals surface area contributed by atoms with E-state index in [2.05, 4.69) is 25.5 Å². The van der Waals surface area contributed by atoms with Crippen LogP contribution in [0.5, 0.6) is 0 Å². The molecule has 178 valence electrons. The molecular formula is C24H28N6O3S. The molecule has 2 aliphatic heterocycles. The first kappa shape index (κ1) is 23.7. The molecule has 1 aromatic carbocycles. The number of carbonyl (C=O) groups excluding carboxylic acids is 3. The molecule has 2 N–H and O–H groups in total. The van der Waals surface area contributed by atoms with Crippen LogP contribution in [0, 0.1) is 0 Å². The van der Waals surface area contributed by atoms with Crippen molar-refractivity contribution in [3.05, 3.63) is 53.7 Å². The second-order valence-electron chi connectivity index (χ2n) is 8.46. The molecule has 1 unspecified atom stereocenters. The molecule has 0 saturated carbocycles. The van der Waals surface area contributed by atoms with Gasteiger partial charge in [-0.1, -0.05) is 11.8 Å². The van der Waals surface area contributed by atoms with Crippen LogP contribution in [0.1, 0.15) is 35.2 Å². The molecule has 3 amide bonds. The Kier molecular flexibility index (Phi) is 7.46. The average molecular weight is 481 g/mol. The van der Waals surface area contributed by atoms with Crippen molar-refractivity contribution < 1.29 is 14.4 Å². The highest BCUT2D eigenvalue weighted by atomic mass is 32.2. The number of hydrogen-bond acceptors (Lipinski definition) is 7. The highest BCUT2D eigenvalue weighted by Crippen LogP contribution is 2.29. The lowest BCUT2D eigenvalue weighted by atomic mass is 10.1. The van der Waals surface area contributed by atoms with E-state index in [0.29, 0.717) is 17.8 Å². The SMILES string of the molecule is CN(C)c1cc(CNC(=O)c2ccc(NC(=O)CC3SC(N4CCCC4)=NC3=O)cc2)ccn1. The van der Waals surface area contributed by atoms with E-state index in [4.69, 9.17) is 0 Å². The second-order valence-corrected chi connectivity index (χ2v) is 9.63. The van der Waals surface area contributed by atoms with Gasteiger partial charge in [-0.2, -0.15) is 4.99 Å². The Balaban J connectivity index is 1.25. The maximum atomic E-state index is 12.5. The zero-order chi connectivity index (χ0) is 24.1. The third-order valence-corrected chi connectivity index (χ3v) is 6.84. The number of amides is 3. The van der Waals surface area contributed by atoms with Gasteiger partial charge < -0.3 is 20.4 Å². The summed E-state index contributed by atoms with van der Waals surface area (Å²) >= 11 is 1.37. The summed E-state index contributed by atoms with van der Waals surface area (Å²) < 4.78 is 0. The molecule has 1 atom stereocenters. The Hall–Kier alpha value is -3.40. The van der Waals surface area contributed by atoms with Crippen LogP contribution < -0.4 is 15.5 Å². The lowest BCUT2D eigenvalue weighted by Crippen LogP contribution is -2.25. The largest absolute Gasteiger partial charge is 0.363 e. The van der Waals surface area contributed by atoms with Crippen LogP contribution in [-0.4, -0.2) is 65.2 Å². The number of aliphatic imine (C=N–C) groups is 1. The molecule has 2 aliphatic rings. The van der Waals surface area contributed by atoms with Crippen LogP contribution in [0.15, 0.2) is 47.6 Å². The Morgan fingerprint density at radius 2 is 1.88 bits per heavy atom. The van der Waals surface area contributed by atoms with E-state index >= 15 is 0 Å². The van der Waals surface area contributed by atoms with Crippen molar-refractivity contribution in [1.29, 1.82) is 0 Å². The lowest BCUT2D eigenvalue weighted by Gasteiger charge is -2.16. The summed E-state index contributed by atoms with van der Waals surface area (Å²) in [6.07, 6.45) is 3.99. The Morgan fingerprint density at radius 1 is 1.15 bits per heavy atom. The van der Waals surface area contributed by atoms with Gasteiger partial charge in [0.05, 0.1) is 0 Å². The minimum atomic E-state index is -0.484. The second kappa shape index (κ2) is 10.7. The number of anilines is 2. The van der Waals surface area contributed by atoms with Gasteiger partial charge in [0.1, 0.15) is 11.1 Å². The molecule has 0 aliphatic carbocycles. The summed E-state index contributed by atoms with van der Waals surface area (Å²) in [7, 11) is 3.82. The van der Waals surface area contributed by atoms with Crippen molar-refractivity contribution in [2.45, 2.75) is 31.1 Å². The molecule has 34 heavy (non-hydrogen) atoms. The summed E-state index contributed by atoms with van der Waals surface area (Å²) in [6, 6.07) is 10.5. The fraction of sp³-hybridized carbons (Fsp3) is 0.375. The number of amidine groups is 1. The highest BCUT2D eigenvalue weighted by Gasteiger charge is 2.33. The minimum Gasteiger partial charge on any atom is -0.363 e. The van der Waals surface area contributed by atoms with Crippen LogP contribution in [0.3, 0.4) is 0 Å². The van der Waals surface area contributed by atoms with E-state index in [1.165, 1.54) is 11.8 Å². The van der Waals surface area contributed by atoms with Crippen LogP contribution in [-0.2, 0) is 16.1 Å². The summed E-state index contributed by atoms with van der Waals surface area (Å²) in [5.41, 5.74) is 2.01. The van der Waals surface area contributed by atoms with Gasteiger partial charge in [-0.3, -0.25) is 14.4 Å². The standard InChI is InChI=1S/C24H28N6O3S/c1-29(2)20-13-16(9-10-25-20)15-26-22(32)17-5-7-18(8-6-17)27-21(31)14-19-23(33)28-24(34-19)30-11-3-4-12-30/h5-10,13,19H,3-4,11-12,14-15H2,1-2H3,(H,26,32)(H,27,31). The van der Waals surface area contributed by atoms with Gasteiger partial charge in [0.15, 0.2) is 5.17 Å². The predicted octanol–water partition coefficient (Wildman–Crippen LogP) is 2.50. The smallest absolute Gasteiger partial charge is 0.262 e. The zero-order valence-electron chi connectivity index (χ0n) is 19.3. The van der Waals surface area contributed by atoms with E-state index in [9.17, 15) is 14.4 Å². The maximum Gasteiger partial charge on any atom is 0.262 e. The Bertz CT molecular complexity index is 1100. The van der Waals surface area contributed by atoms with Crippen molar-refractivity contribution in [3.8, 4) is 0 Å². The zero-order valence-corrected chi connectivity index (χ0v) is 20.1. The van der Waals surface area contributed by atoms with Crippen molar-refractivity contribution in [2.75, 3.05) is 37.4 Å². The number of carbonyl (C=O) groups is 3. The van der Waals surface area contributed by atoms with E-state index in [-0.39, 0.29) is 24.1 Å². The fourth-order valence-electron chi connectivity index (χ4n) is 3.74. The number of nitrogens with zero attached hydrogens (tertiary/aromatic N) is 4. The summed E-state index contributed by atoms with van der Waals surface area (Å²) in [5, 5.41) is 5.95. The molecule has 1 fully saturated rings. The van der Waals surface area contributed by atoms with Crippen LogP contribution >= 0.6 is 11.8 Å². The third-order valence-electron chi connectivity index (χ3n) is 5.63. The third kappa shape index (κ3) is 5.93.